The third-order valence-electron chi connectivity index (χ3n) is 4.38. The number of hydrogen-bond acceptors (Lipinski definition) is 3. The number of β-amino-alcohol motifs (C(OH)–C–C–N with tert-alkyl or cyclic N) is 1. The van der Waals surface area contributed by atoms with E-state index >= 15 is 0 Å². The molecular formula is C18H30N2O. The van der Waals surface area contributed by atoms with E-state index in [0.29, 0.717) is 0 Å². The van der Waals surface area contributed by atoms with Gasteiger partial charge in [0.1, 0.15) is 0 Å². The van der Waals surface area contributed by atoms with Crippen LogP contribution in [0.25, 0.3) is 0 Å². The molecule has 118 valence electrons. The molecule has 0 bridgehead atoms. The average molecular weight is 290 g/mol. The van der Waals surface area contributed by atoms with Gasteiger partial charge in [0.05, 0.1) is 6.10 Å². The molecule has 1 fully saturated rings. The molecule has 1 aliphatic heterocycles. The first kappa shape index (κ1) is 16.5. The Labute approximate surface area is 129 Å². The molecule has 1 unspecified atom stereocenters. The molecule has 0 aromatic heterocycles. The quantitative estimate of drug-likeness (QED) is 0.927. The fourth-order valence-electron chi connectivity index (χ4n) is 3.15. The number of rotatable bonds is 3. The van der Waals surface area contributed by atoms with Crippen LogP contribution >= 0.6 is 0 Å². The summed E-state index contributed by atoms with van der Waals surface area (Å²) in [5.41, 5.74) is 3.74. The van der Waals surface area contributed by atoms with Crippen molar-refractivity contribution in [1.82, 2.24) is 9.80 Å². The predicted octanol–water partition coefficient (Wildman–Crippen LogP) is 2.75. The van der Waals surface area contributed by atoms with Crippen LogP contribution in [-0.4, -0.2) is 53.2 Å². The third-order valence-corrected chi connectivity index (χ3v) is 4.38. The van der Waals surface area contributed by atoms with Crippen molar-refractivity contribution in [2.75, 3.05) is 32.7 Å². The van der Waals surface area contributed by atoms with Gasteiger partial charge < -0.3 is 5.11 Å². The van der Waals surface area contributed by atoms with Crippen LogP contribution in [0, 0.1) is 13.8 Å². The van der Waals surface area contributed by atoms with Crippen LogP contribution in [0.15, 0.2) is 18.2 Å². The van der Waals surface area contributed by atoms with Crippen LogP contribution in [0.3, 0.4) is 0 Å². The summed E-state index contributed by atoms with van der Waals surface area (Å²) >= 11 is 0. The van der Waals surface area contributed by atoms with Crippen LogP contribution in [0.1, 0.15) is 43.6 Å². The summed E-state index contributed by atoms with van der Waals surface area (Å²) in [6, 6.07) is 6.35. The smallest absolute Gasteiger partial charge is 0.0917 e. The van der Waals surface area contributed by atoms with Crippen LogP contribution in [-0.2, 0) is 0 Å². The second kappa shape index (κ2) is 6.47. The average Bonchev–Trinajstić information content (AvgIpc) is 2.37. The Bertz CT molecular complexity index is 450. The molecule has 0 saturated carbocycles. The Kier molecular flexibility index (Phi) is 5.07. The molecule has 1 aromatic rings. The van der Waals surface area contributed by atoms with Crippen molar-refractivity contribution in [3.63, 3.8) is 0 Å². The lowest BCUT2D eigenvalue weighted by atomic mass is 10.0. The molecule has 1 heterocycles. The second-order valence-electron chi connectivity index (χ2n) is 7.40. The highest BCUT2D eigenvalue weighted by Crippen LogP contribution is 2.20. The first-order valence-corrected chi connectivity index (χ1v) is 7.99. The molecule has 3 heteroatoms. The van der Waals surface area contributed by atoms with E-state index < -0.39 is 0 Å². The van der Waals surface area contributed by atoms with Crippen molar-refractivity contribution < 1.29 is 5.11 Å². The first-order chi connectivity index (χ1) is 9.75. The minimum atomic E-state index is -0.384. The maximum atomic E-state index is 10.5. The highest BCUT2D eigenvalue weighted by Gasteiger charge is 2.26. The van der Waals surface area contributed by atoms with Gasteiger partial charge in [0.15, 0.2) is 0 Å². The zero-order valence-corrected chi connectivity index (χ0v) is 14.2. The number of nitrogens with zero attached hydrogens (tertiary/aromatic N) is 2. The topological polar surface area (TPSA) is 26.7 Å². The summed E-state index contributed by atoms with van der Waals surface area (Å²) in [5.74, 6) is 0. The van der Waals surface area contributed by atoms with Crippen LogP contribution < -0.4 is 0 Å². The second-order valence-corrected chi connectivity index (χ2v) is 7.40. The molecule has 1 aromatic carbocycles. The molecule has 2 rings (SSSR count). The van der Waals surface area contributed by atoms with Crippen molar-refractivity contribution in [2.45, 2.75) is 46.3 Å². The largest absolute Gasteiger partial charge is 0.387 e. The highest BCUT2D eigenvalue weighted by molar-refractivity contribution is 5.30. The van der Waals surface area contributed by atoms with E-state index in [1.165, 1.54) is 11.1 Å². The molecule has 0 radical (unpaired) electrons. The minimum Gasteiger partial charge on any atom is -0.387 e. The number of benzene rings is 1. The van der Waals surface area contributed by atoms with Gasteiger partial charge in [-0.3, -0.25) is 9.80 Å². The Morgan fingerprint density at radius 3 is 2.00 bits per heavy atom. The molecule has 1 aliphatic rings. The summed E-state index contributed by atoms with van der Waals surface area (Å²) in [5, 5.41) is 10.5. The normalized spacial score (nSPS) is 19.7. The summed E-state index contributed by atoms with van der Waals surface area (Å²) in [6.45, 7) is 16.0. The van der Waals surface area contributed by atoms with Crippen molar-refractivity contribution in [3.05, 3.63) is 34.9 Å². The zero-order chi connectivity index (χ0) is 15.6. The summed E-state index contributed by atoms with van der Waals surface area (Å²) < 4.78 is 0. The van der Waals surface area contributed by atoms with E-state index in [1.54, 1.807) is 0 Å². The summed E-state index contributed by atoms with van der Waals surface area (Å²) in [6.07, 6.45) is -0.384. The lowest BCUT2D eigenvalue weighted by molar-refractivity contribution is 0.0362. The van der Waals surface area contributed by atoms with E-state index in [1.807, 2.05) is 0 Å². The molecular weight excluding hydrogens is 260 g/mol. The van der Waals surface area contributed by atoms with Crippen molar-refractivity contribution in [2.24, 2.45) is 0 Å². The Morgan fingerprint density at radius 2 is 1.52 bits per heavy atom. The van der Waals surface area contributed by atoms with Gasteiger partial charge in [0, 0.05) is 38.3 Å². The highest BCUT2D eigenvalue weighted by atomic mass is 16.3. The van der Waals surface area contributed by atoms with Crippen molar-refractivity contribution >= 4 is 0 Å². The van der Waals surface area contributed by atoms with Crippen LogP contribution in [0.2, 0.25) is 0 Å². The van der Waals surface area contributed by atoms with Gasteiger partial charge in [-0.1, -0.05) is 29.3 Å². The van der Waals surface area contributed by atoms with Gasteiger partial charge in [0.25, 0.3) is 0 Å². The molecule has 1 saturated heterocycles. The van der Waals surface area contributed by atoms with Crippen LogP contribution in [0.4, 0.5) is 0 Å². The molecule has 0 spiro atoms. The van der Waals surface area contributed by atoms with Crippen molar-refractivity contribution in [3.8, 4) is 0 Å². The van der Waals surface area contributed by atoms with Gasteiger partial charge in [0.2, 0.25) is 0 Å². The van der Waals surface area contributed by atoms with E-state index in [9.17, 15) is 5.11 Å². The Hall–Kier alpha value is -0.900. The predicted molar refractivity (Wildman–Crippen MR) is 88.6 cm³/mol. The van der Waals surface area contributed by atoms with E-state index in [-0.39, 0.29) is 11.6 Å². The lowest BCUT2D eigenvalue weighted by Gasteiger charge is -2.42. The Balaban J connectivity index is 1.91. The SMILES string of the molecule is Cc1cc(C)cc(C(O)CN2CCN(C(C)(C)C)CC2)c1. The number of aliphatic hydroxyl groups is 1. The number of aryl methyl sites for hydroxylation is 2. The van der Waals surface area contributed by atoms with Gasteiger partial charge >= 0.3 is 0 Å². The molecule has 1 atom stereocenters. The fourth-order valence-corrected chi connectivity index (χ4v) is 3.15. The Morgan fingerprint density at radius 1 is 1.00 bits per heavy atom. The molecule has 1 N–H and O–H groups in total. The lowest BCUT2D eigenvalue weighted by Crippen LogP contribution is -2.53. The summed E-state index contributed by atoms with van der Waals surface area (Å²) in [4.78, 5) is 4.90. The number of piperazine rings is 1. The minimum absolute atomic E-state index is 0.248. The summed E-state index contributed by atoms with van der Waals surface area (Å²) in [7, 11) is 0. The fraction of sp³-hybridized carbons (Fsp3) is 0.667. The van der Waals surface area contributed by atoms with Crippen LogP contribution in [0.5, 0.6) is 0 Å². The van der Waals surface area contributed by atoms with Gasteiger partial charge in [-0.25, -0.2) is 0 Å². The maximum absolute atomic E-state index is 10.5. The zero-order valence-electron chi connectivity index (χ0n) is 14.2. The van der Waals surface area contributed by atoms with E-state index in [0.717, 1.165) is 38.3 Å². The van der Waals surface area contributed by atoms with Gasteiger partial charge in [-0.15, -0.1) is 0 Å². The molecule has 0 aliphatic carbocycles. The third kappa shape index (κ3) is 4.53. The van der Waals surface area contributed by atoms with Gasteiger partial charge in [-0.2, -0.15) is 0 Å². The first-order valence-electron chi connectivity index (χ1n) is 7.99. The standard InChI is InChI=1S/C18H30N2O/c1-14-10-15(2)12-16(11-14)17(21)13-19-6-8-20(9-7-19)18(3,4)5/h10-12,17,21H,6-9,13H2,1-5H3. The van der Waals surface area contributed by atoms with Gasteiger partial charge in [-0.05, 0) is 40.2 Å². The number of hydrogen-bond donors (Lipinski definition) is 1. The molecule has 0 amide bonds. The van der Waals surface area contributed by atoms with Crippen molar-refractivity contribution in [1.29, 1.82) is 0 Å². The molecule has 3 nitrogen and oxygen atoms in total. The number of aliphatic hydroxyl groups excluding tert-OH is 1. The molecule has 21 heavy (non-hydrogen) atoms. The van der Waals surface area contributed by atoms with E-state index in [2.05, 4.69) is 62.6 Å². The maximum Gasteiger partial charge on any atom is 0.0917 e. The monoisotopic (exact) mass is 290 g/mol. The van der Waals surface area contributed by atoms with E-state index in [4.69, 9.17) is 0 Å².